The molecule has 1 aromatic carbocycles. The van der Waals surface area contributed by atoms with Gasteiger partial charge >= 0.3 is 5.97 Å². The second-order valence-corrected chi connectivity index (χ2v) is 4.24. The number of nitrogens with zero attached hydrogens (tertiary/aromatic N) is 1. The van der Waals surface area contributed by atoms with Crippen molar-refractivity contribution < 1.29 is 14.6 Å². The van der Waals surface area contributed by atoms with E-state index in [4.69, 9.17) is 0 Å². The molecule has 1 aromatic rings. The lowest BCUT2D eigenvalue weighted by Crippen LogP contribution is -2.29. The Labute approximate surface area is 101 Å². The standard InChI is InChI=1S/C13H17NO3/c1-17-13(16)10-5-6-11(12(15)9-10)14-7-3-2-4-8-14/h5-6,9,15H,2-4,7-8H2,1H3. The molecule has 1 fully saturated rings. The molecule has 0 unspecified atom stereocenters. The van der Waals surface area contributed by atoms with Crippen molar-refractivity contribution in [3.05, 3.63) is 23.8 Å². The Hall–Kier alpha value is -1.71. The van der Waals surface area contributed by atoms with Crippen LogP contribution in [0, 0.1) is 0 Å². The Kier molecular flexibility index (Phi) is 3.52. The van der Waals surface area contributed by atoms with Crippen molar-refractivity contribution in [2.45, 2.75) is 19.3 Å². The summed E-state index contributed by atoms with van der Waals surface area (Å²) >= 11 is 0. The number of carbonyl (C=O) groups is 1. The average Bonchev–Trinajstić information content (AvgIpc) is 2.38. The summed E-state index contributed by atoms with van der Waals surface area (Å²) in [5, 5.41) is 9.94. The number of hydrogen-bond donors (Lipinski definition) is 1. The molecule has 0 aliphatic carbocycles. The van der Waals surface area contributed by atoms with Gasteiger partial charge < -0.3 is 14.7 Å². The lowest BCUT2D eigenvalue weighted by molar-refractivity contribution is 0.0600. The van der Waals surface area contributed by atoms with Gasteiger partial charge in [-0.3, -0.25) is 0 Å². The average molecular weight is 235 g/mol. The summed E-state index contributed by atoms with van der Waals surface area (Å²) in [5.41, 5.74) is 1.18. The number of phenols is 1. The molecule has 0 amide bonds. The summed E-state index contributed by atoms with van der Waals surface area (Å²) in [6, 6.07) is 4.94. The van der Waals surface area contributed by atoms with E-state index in [1.807, 2.05) is 0 Å². The van der Waals surface area contributed by atoms with Gasteiger partial charge in [0.1, 0.15) is 5.75 Å². The number of aromatic hydroxyl groups is 1. The van der Waals surface area contributed by atoms with Crippen molar-refractivity contribution in [3.63, 3.8) is 0 Å². The fraction of sp³-hybridized carbons (Fsp3) is 0.462. The molecule has 1 saturated heterocycles. The number of esters is 1. The number of anilines is 1. The number of rotatable bonds is 2. The molecular formula is C13H17NO3. The third-order valence-corrected chi connectivity index (χ3v) is 3.09. The molecule has 1 aliphatic heterocycles. The predicted octanol–water partition coefficient (Wildman–Crippen LogP) is 2.17. The Balaban J connectivity index is 2.21. The maximum atomic E-state index is 11.3. The highest BCUT2D eigenvalue weighted by atomic mass is 16.5. The molecule has 0 radical (unpaired) electrons. The van der Waals surface area contributed by atoms with Gasteiger partial charge in [0, 0.05) is 13.1 Å². The van der Waals surface area contributed by atoms with Gasteiger partial charge in [-0.2, -0.15) is 0 Å². The molecule has 0 bridgehead atoms. The van der Waals surface area contributed by atoms with Gasteiger partial charge in [0.25, 0.3) is 0 Å². The van der Waals surface area contributed by atoms with E-state index >= 15 is 0 Å². The van der Waals surface area contributed by atoms with Crippen LogP contribution in [0.4, 0.5) is 5.69 Å². The third kappa shape index (κ3) is 2.52. The molecule has 1 heterocycles. The zero-order chi connectivity index (χ0) is 12.3. The van der Waals surface area contributed by atoms with Crippen molar-refractivity contribution in [1.29, 1.82) is 0 Å². The van der Waals surface area contributed by atoms with Gasteiger partial charge in [-0.1, -0.05) is 0 Å². The van der Waals surface area contributed by atoms with Crippen molar-refractivity contribution in [2.75, 3.05) is 25.1 Å². The Morgan fingerprint density at radius 2 is 2.00 bits per heavy atom. The minimum atomic E-state index is -0.425. The molecule has 17 heavy (non-hydrogen) atoms. The maximum absolute atomic E-state index is 11.3. The van der Waals surface area contributed by atoms with E-state index in [0.29, 0.717) is 5.56 Å². The molecule has 0 saturated carbocycles. The van der Waals surface area contributed by atoms with Gasteiger partial charge in [-0.25, -0.2) is 4.79 Å². The molecular weight excluding hydrogens is 218 g/mol. The number of ether oxygens (including phenoxy) is 1. The van der Waals surface area contributed by atoms with E-state index in [0.717, 1.165) is 31.6 Å². The van der Waals surface area contributed by atoms with Gasteiger partial charge in [-0.15, -0.1) is 0 Å². The summed E-state index contributed by atoms with van der Waals surface area (Å²) < 4.78 is 4.61. The van der Waals surface area contributed by atoms with E-state index in [1.165, 1.54) is 19.6 Å². The molecule has 1 N–H and O–H groups in total. The second kappa shape index (κ2) is 5.08. The molecule has 1 aliphatic rings. The Morgan fingerprint density at radius 1 is 1.29 bits per heavy atom. The maximum Gasteiger partial charge on any atom is 0.337 e. The number of benzene rings is 1. The van der Waals surface area contributed by atoms with Crippen molar-refractivity contribution in [3.8, 4) is 5.75 Å². The van der Waals surface area contributed by atoms with Crippen molar-refractivity contribution in [2.24, 2.45) is 0 Å². The first kappa shape index (κ1) is 11.8. The van der Waals surface area contributed by atoms with E-state index in [2.05, 4.69) is 9.64 Å². The van der Waals surface area contributed by atoms with Crippen LogP contribution >= 0.6 is 0 Å². The largest absolute Gasteiger partial charge is 0.506 e. The minimum absolute atomic E-state index is 0.148. The molecule has 0 atom stereocenters. The third-order valence-electron chi connectivity index (χ3n) is 3.09. The van der Waals surface area contributed by atoms with Crippen LogP contribution in [0.5, 0.6) is 5.75 Å². The van der Waals surface area contributed by atoms with E-state index < -0.39 is 5.97 Å². The number of carbonyl (C=O) groups excluding carboxylic acids is 1. The fourth-order valence-electron chi connectivity index (χ4n) is 2.17. The number of methoxy groups -OCH3 is 1. The SMILES string of the molecule is COC(=O)c1ccc(N2CCCCC2)c(O)c1. The van der Waals surface area contributed by atoms with Gasteiger partial charge in [-0.05, 0) is 37.5 Å². The summed E-state index contributed by atoms with van der Waals surface area (Å²) in [4.78, 5) is 13.5. The van der Waals surface area contributed by atoms with Crippen molar-refractivity contribution >= 4 is 11.7 Å². The molecule has 92 valence electrons. The summed E-state index contributed by atoms with van der Waals surface area (Å²) in [6.07, 6.45) is 3.55. The lowest BCUT2D eigenvalue weighted by atomic mass is 10.1. The lowest BCUT2D eigenvalue weighted by Gasteiger charge is -2.29. The van der Waals surface area contributed by atoms with Crippen LogP contribution < -0.4 is 4.90 Å². The molecule has 0 aromatic heterocycles. The first-order valence-electron chi connectivity index (χ1n) is 5.88. The molecule has 0 spiro atoms. The summed E-state index contributed by atoms with van der Waals surface area (Å²) in [6.45, 7) is 1.93. The van der Waals surface area contributed by atoms with Gasteiger partial charge in [0.2, 0.25) is 0 Å². The quantitative estimate of drug-likeness (QED) is 0.798. The topological polar surface area (TPSA) is 49.8 Å². The second-order valence-electron chi connectivity index (χ2n) is 4.24. The zero-order valence-electron chi connectivity index (χ0n) is 9.98. The zero-order valence-corrected chi connectivity index (χ0v) is 9.98. The normalized spacial score (nSPS) is 15.7. The van der Waals surface area contributed by atoms with E-state index in [9.17, 15) is 9.90 Å². The number of piperidine rings is 1. The van der Waals surface area contributed by atoms with Crippen LogP contribution in [0.2, 0.25) is 0 Å². The van der Waals surface area contributed by atoms with Crippen LogP contribution in [0.25, 0.3) is 0 Å². The minimum Gasteiger partial charge on any atom is -0.506 e. The van der Waals surface area contributed by atoms with E-state index in [1.54, 1.807) is 12.1 Å². The van der Waals surface area contributed by atoms with Gasteiger partial charge in [0.15, 0.2) is 0 Å². The Morgan fingerprint density at radius 3 is 2.59 bits per heavy atom. The predicted molar refractivity (Wildman–Crippen MR) is 65.5 cm³/mol. The van der Waals surface area contributed by atoms with Crippen LogP contribution in [-0.2, 0) is 4.74 Å². The van der Waals surface area contributed by atoms with Crippen LogP contribution in [0.3, 0.4) is 0 Å². The van der Waals surface area contributed by atoms with Gasteiger partial charge in [0.05, 0.1) is 18.4 Å². The van der Waals surface area contributed by atoms with Crippen LogP contribution in [0.15, 0.2) is 18.2 Å². The highest BCUT2D eigenvalue weighted by molar-refractivity contribution is 5.90. The summed E-state index contributed by atoms with van der Waals surface area (Å²) in [7, 11) is 1.33. The molecule has 4 heteroatoms. The number of phenolic OH excluding ortho intramolecular Hbond substituents is 1. The van der Waals surface area contributed by atoms with E-state index in [-0.39, 0.29) is 5.75 Å². The highest BCUT2D eigenvalue weighted by Crippen LogP contribution is 2.30. The molecule has 2 rings (SSSR count). The van der Waals surface area contributed by atoms with Crippen LogP contribution in [-0.4, -0.2) is 31.3 Å². The monoisotopic (exact) mass is 235 g/mol. The fourth-order valence-corrected chi connectivity index (χ4v) is 2.17. The smallest absolute Gasteiger partial charge is 0.337 e. The molecule has 4 nitrogen and oxygen atoms in total. The highest BCUT2D eigenvalue weighted by Gasteiger charge is 2.16. The first-order chi connectivity index (χ1) is 8.22. The first-order valence-corrected chi connectivity index (χ1v) is 5.88. The number of hydrogen-bond acceptors (Lipinski definition) is 4. The summed E-state index contributed by atoms with van der Waals surface area (Å²) in [5.74, 6) is -0.278. The Bertz CT molecular complexity index is 411. The van der Waals surface area contributed by atoms with Crippen molar-refractivity contribution in [1.82, 2.24) is 0 Å². The van der Waals surface area contributed by atoms with Crippen LogP contribution in [0.1, 0.15) is 29.6 Å².